The molecule has 0 saturated carbocycles. The van der Waals surface area contributed by atoms with Crippen molar-refractivity contribution in [3.63, 3.8) is 0 Å². The van der Waals surface area contributed by atoms with E-state index in [-0.39, 0.29) is 0 Å². The predicted molar refractivity (Wildman–Crippen MR) is 106 cm³/mol. The fraction of sp³-hybridized carbons (Fsp3) is 0.409. The normalized spacial score (nSPS) is 12.4. The lowest BCUT2D eigenvalue weighted by Crippen LogP contribution is -2.10. The van der Waals surface area contributed by atoms with E-state index < -0.39 is 6.10 Å². The van der Waals surface area contributed by atoms with E-state index in [2.05, 4.69) is 41.6 Å². The molecule has 0 spiro atoms. The highest BCUT2D eigenvalue weighted by atomic mass is 16.5. The van der Waals surface area contributed by atoms with Crippen molar-refractivity contribution in [2.45, 2.75) is 52.2 Å². The number of hydrogen-bond donors (Lipinski definition) is 1. The van der Waals surface area contributed by atoms with Crippen LogP contribution in [0.3, 0.4) is 0 Å². The van der Waals surface area contributed by atoms with Crippen LogP contribution in [0, 0.1) is 6.92 Å². The maximum absolute atomic E-state index is 10.5. The van der Waals surface area contributed by atoms with E-state index in [1.807, 2.05) is 30.3 Å². The van der Waals surface area contributed by atoms with Gasteiger partial charge in [0.25, 0.3) is 0 Å². The Morgan fingerprint density at radius 2 is 1.96 bits per heavy atom. The largest absolute Gasteiger partial charge is 0.494 e. The van der Waals surface area contributed by atoms with Gasteiger partial charge in [-0.25, -0.2) is 4.98 Å². The maximum atomic E-state index is 10.5. The highest BCUT2D eigenvalue weighted by Crippen LogP contribution is 2.24. The lowest BCUT2D eigenvalue weighted by atomic mass is 10.2. The van der Waals surface area contributed by atoms with Crippen molar-refractivity contribution >= 4 is 11.0 Å². The number of rotatable bonds is 9. The van der Waals surface area contributed by atoms with E-state index in [4.69, 9.17) is 4.74 Å². The number of aromatic nitrogens is 2. The lowest BCUT2D eigenvalue weighted by molar-refractivity contribution is 0.152. The summed E-state index contributed by atoms with van der Waals surface area (Å²) in [7, 11) is 0. The van der Waals surface area contributed by atoms with Crippen molar-refractivity contribution in [2.75, 3.05) is 6.61 Å². The summed E-state index contributed by atoms with van der Waals surface area (Å²) in [5, 5.41) is 10.5. The molecule has 3 aromatic rings. The number of nitrogens with zero attached hydrogens (tertiary/aromatic N) is 2. The molecule has 1 atom stereocenters. The van der Waals surface area contributed by atoms with Crippen LogP contribution in [-0.2, 0) is 6.54 Å². The first-order valence-corrected chi connectivity index (χ1v) is 9.51. The molecular weight excluding hydrogens is 324 g/mol. The van der Waals surface area contributed by atoms with Crippen LogP contribution in [0.25, 0.3) is 11.0 Å². The van der Waals surface area contributed by atoms with Crippen LogP contribution in [0.5, 0.6) is 5.75 Å². The van der Waals surface area contributed by atoms with Crippen molar-refractivity contribution in [1.82, 2.24) is 9.55 Å². The van der Waals surface area contributed by atoms with Crippen molar-refractivity contribution in [3.05, 3.63) is 59.9 Å². The second kappa shape index (κ2) is 8.86. The fourth-order valence-corrected chi connectivity index (χ4v) is 3.25. The molecule has 0 aliphatic carbocycles. The van der Waals surface area contributed by atoms with Crippen LogP contribution in [0.15, 0.2) is 48.5 Å². The van der Waals surface area contributed by atoms with Gasteiger partial charge in [-0.1, -0.05) is 37.6 Å². The summed E-state index contributed by atoms with van der Waals surface area (Å²) in [6.45, 7) is 5.69. The van der Waals surface area contributed by atoms with Crippen molar-refractivity contribution in [2.24, 2.45) is 0 Å². The minimum atomic E-state index is -0.504. The average Bonchev–Trinajstić information content (AvgIpc) is 3.01. The highest BCUT2D eigenvalue weighted by Gasteiger charge is 2.17. The molecular formula is C22H28N2O2. The van der Waals surface area contributed by atoms with E-state index in [1.54, 1.807) is 0 Å². The zero-order chi connectivity index (χ0) is 18.4. The average molecular weight is 352 g/mol. The molecule has 0 unspecified atom stereocenters. The van der Waals surface area contributed by atoms with Gasteiger partial charge < -0.3 is 14.4 Å². The van der Waals surface area contributed by atoms with Crippen molar-refractivity contribution < 1.29 is 9.84 Å². The summed E-state index contributed by atoms with van der Waals surface area (Å²) in [6, 6.07) is 16.2. The number of benzene rings is 2. The number of ether oxygens (including phenoxy) is 1. The van der Waals surface area contributed by atoms with Crippen molar-refractivity contribution in [1.29, 1.82) is 0 Å². The Hall–Kier alpha value is -2.33. The molecule has 0 radical (unpaired) electrons. The van der Waals surface area contributed by atoms with Crippen molar-refractivity contribution in [3.8, 4) is 5.75 Å². The molecule has 0 aliphatic rings. The molecule has 4 nitrogen and oxygen atoms in total. The van der Waals surface area contributed by atoms with Crippen LogP contribution >= 0.6 is 0 Å². The number of unbranched alkanes of at least 4 members (excludes halogenated alkanes) is 1. The zero-order valence-corrected chi connectivity index (χ0v) is 15.7. The summed E-state index contributed by atoms with van der Waals surface area (Å²) in [5.41, 5.74) is 3.26. The van der Waals surface area contributed by atoms with Gasteiger partial charge in [-0.2, -0.15) is 0 Å². The van der Waals surface area contributed by atoms with Gasteiger partial charge in [-0.3, -0.25) is 0 Å². The molecule has 3 rings (SSSR count). The van der Waals surface area contributed by atoms with E-state index in [0.29, 0.717) is 6.61 Å². The molecule has 0 saturated heterocycles. The molecule has 26 heavy (non-hydrogen) atoms. The minimum Gasteiger partial charge on any atom is -0.494 e. The molecule has 2 aromatic carbocycles. The van der Waals surface area contributed by atoms with Crippen LogP contribution in [0.4, 0.5) is 0 Å². The Balaban J connectivity index is 1.61. The second-order valence-electron chi connectivity index (χ2n) is 6.79. The number of fused-ring (bicyclic) bond motifs is 1. The molecule has 1 aromatic heterocycles. The minimum absolute atomic E-state index is 0.504. The number of hydrogen-bond acceptors (Lipinski definition) is 3. The zero-order valence-electron chi connectivity index (χ0n) is 15.7. The predicted octanol–water partition coefficient (Wildman–Crippen LogP) is 5.04. The van der Waals surface area contributed by atoms with Gasteiger partial charge in [-0.05, 0) is 56.0 Å². The Labute approximate surface area is 155 Å². The SMILES string of the molecule is CCC[C@H](O)c1nc2ccccc2n1CCCCOc1cccc(C)c1. The molecule has 0 fully saturated rings. The van der Waals surface area contributed by atoms with Gasteiger partial charge in [-0.15, -0.1) is 0 Å². The van der Waals surface area contributed by atoms with Crippen LogP contribution in [-0.4, -0.2) is 21.3 Å². The number of aryl methyl sites for hydroxylation is 2. The van der Waals surface area contributed by atoms with Gasteiger partial charge >= 0.3 is 0 Å². The van der Waals surface area contributed by atoms with Gasteiger partial charge in [0.15, 0.2) is 0 Å². The Bertz CT molecular complexity index is 841. The van der Waals surface area contributed by atoms with Gasteiger partial charge in [0.2, 0.25) is 0 Å². The molecule has 0 aliphatic heterocycles. The molecule has 0 bridgehead atoms. The summed E-state index contributed by atoms with van der Waals surface area (Å²) >= 11 is 0. The monoisotopic (exact) mass is 352 g/mol. The third-order valence-electron chi connectivity index (χ3n) is 4.58. The molecule has 4 heteroatoms. The molecule has 0 amide bonds. The Kier molecular flexibility index (Phi) is 6.29. The smallest absolute Gasteiger partial charge is 0.138 e. The summed E-state index contributed by atoms with van der Waals surface area (Å²) in [5.74, 6) is 1.71. The Morgan fingerprint density at radius 3 is 2.77 bits per heavy atom. The first-order chi connectivity index (χ1) is 12.7. The fourth-order valence-electron chi connectivity index (χ4n) is 3.25. The number of aliphatic hydroxyl groups excluding tert-OH is 1. The highest BCUT2D eigenvalue weighted by molar-refractivity contribution is 5.76. The van der Waals surface area contributed by atoms with Gasteiger partial charge in [0, 0.05) is 6.54 Å². The maximum Gasteiger partial charge on any atom is 0.138 e. The van der Waals surface area contributed by atoms with E-state index in [9.17, 15) is 5.11 Å². The van der Waals surface area contributed by atoms with E-state index >= 15 is 0 Å². The summed E-state index contributed by atoms with van der Waals surface area (Å²) in [4.78, 5) is 4.67. The molecule has 1 heterocycles. The summed E-state index contributed by atoms with van der Waals surface area (Å²) < 4.78 is 8.00. The van der Waals surface area contributed by atoms with E-state index in [0.717, 1.165) is 54.8 Å². The first-order valence-electron chi connectivity index (χ1n) is 9.51. The topological polar surface area (TPSA) is 47.3 Å². The lowest BCUT2D eigenvalue weighted by Gasteiger charge is -2.13. The first kappa shape index (κ1) is 18.5. The number of para-hydroxylation sites is 2. The second-order valence-corrected chi connectivity index (χ2v) is 6.79. The quantitative estimate of drug-likeness (QED) is 0.549. The van der Waals surface area contributed by atoms with Gasteiger partial charge in [0.1, 0.15) is 17.7 Å². The molecule has 138 valence electrons. The van der Waals surface area contributed by atoms with Crippen LogP contribution in [0.2, 0.25) is 0 Å². The summed E-state index contributed by atoms with van der Waals surface area (Å²) in [6.07, 6.45) is 3.12. The number of imidazole rings is 1. The Morgan fingerprint density at radius 1 is 1.12 bits per heavy atom. The third-order valence-corrected chi connectivity index (χ3v) is 4.58. The van der Waals surface area contributed by atoms with Gasteiger partial charge in [0.05, 0.1) is 17.6 Å². The third kappa shape index (κ3) is 4.44. The standard InChI is InChI=1S/C22H28N2O2/c1-3-9-21(25)22-23-19-12-4-5-13-20(19)24(22)14-6-7-15-26-18-11-8-10-17(2)16-18/h4-5,8,10-13,16,21,25H,3,6-7,9,14-15H2,1-2H3/t21-/m0/s1. The van der Waals surface area contributed by atoms with E-state index in [1.165, 1.54) is 5.56 Å². The van der Waals surface area contributed by atoms with Crippen LogP contribution in [0.1, 0.15) is 50.1 Å². The number of aliphatic hydroxyl groups is 1. The molecule has 1 N–H and O–H groups in total. The van der Waals surface area contributed by atoms with Crippen LogP contribution < -0.4 is 4.74 Å².